The van der Waals surface area contributed by atoms with Gasteiger partial charge in [0.05, 0.1) is 16.8 Å². The molecular formula is C32H26F2N2O5. The lowest BCUT2D eigenvalue weighted by Gasteiger charge is -2.26. The summed E-state index contributed by atoms with van der Waals surface area (Å²) in [7, 11) is 0. The van der Waals surface area contributed by atoms with Crippen LogP contribution in [0, 0.1) is 5.92 Å². The van der Waals surface area contributed by atoms with E-state index in [0.29, 0.717) is 22.9 Å². The molecule has 0 spiro atoms. The van der Waals surface area contributed by atoms with Crippen molar-refractivity contribution in [2.45, 2.75) is 26.4 Å². The number of carbonyl (C=O) groups is 3. The van der Waals surface area contributed by atoms with Gasteiger partial charge in [0.15, 0.2) is 6.61 Å². The number of para-hydroxylation sites is 1. The summed E-state index contributed by atoms with van der Waals surface area (Å²) < 4.78 is 34.3. The van der Waals surface area contributed by atoms with Crippen LogP contribution in [-0.2, 0) is 16.0 Å². The molecule has 7 nitrogen and oxygen atoms in total. The predicted octanol–water partition coefficient (Wildman–Crippen LogP) is 6.07. The van der Waals surface area contributed by atoms with Gasteiger partial charge in [0.1, 0.15) is 5.75 Å². The van der Waals surface area contributed by atoms with Crippen molar-refractivity contribution < 1.29 is 32.6 Å². The number of nitrogens with one attached hydrogen (secondary N) is 1. The third-order valence-electron chi connectivity index (χ3n) is 6.69. The van der Waals surface area contributed by atoms with Crippen LogP contribution in [0.4, 0.5) is 8.78 Å². The van der Waals surface area contributed by atoms with Gasteiger partial charge < -0.3 is 9.47 Å². The lowest BCUT2D eigenvalue weighted by molar-refractivity contribution is -0.123. The first-order valence-electron chi connectivity index (χ1n) is 13.0. The number of pyridine rings is 1. The Kier molecular flexibility index (Phi) is 8.14. The van der Waals surface area contributed by atoms with Crippen molar-refractivity contribution in [2.75, 3.05) is 6.61 Å². The topological polar surface area (TPSA) is 94.6 Å². The maximum Gasteiger partial charge on any atom is 0.387 e. The van der Waals surface area contributed by atoms with Gasteiger partial charge in [-0.05, 0) is 71.9 Å². The Labute approximate surface area is 234 Å². The number of benzene rings is 3. The molecule has 0 saturated heterocycles. The Hall–Kier alpha value is -4.92. The van der Waals surface area contributed by atoms with Gasteiger partial charge in [0, 0.05) is 10.9 Å². The number of imide groups is 1. The highest BCUT2D eigenvalue weighted by Crippen LogP contribution is 2.38. The summed E-state index contributed by atoms with van der Waals surface area (Å²) >= 11 is 0. The van der Waals surface area contributed by atoms with Crippen LogP contribution in [0.1, 0.15) is 50.9 Å². The number of ether oxygens (including phenoxy) is 2. The molecule has 0 saturated carbocycles. The summed E-state index contributed by atoms with van der Waals surface area (Å²) in [6, 6.07) is 22.0. The van der Waals surface area contributed by atoms with Gasteiger partial charge in [0.25, 0.3) is 11.8 Å². The average Bonchev–Trinajstić information content (AvgIpc) is 2.95. The fourth-order valence-electron chi connectivity index (χ4n) is 4.95. The van der Waals surface area contributed by atoms with E-state index in [4.69, 9.17) is 9.72 Å². The van der Waals surface area contributed by atoms with Crippen LogP contribution >= 0.6 is 0 Å². The van der Waals surface area contributed by atoms with Gasteiger partial charge in [-0.2, -0.15) is 8.78 Å². The molecule has 208 valence electrons. The Bertz CT molecular complexity index is 1640. The molecule has 1 aliphatic rings. The zero-order valence-corrected chi connectivity index (χ0v) is 22.1. The fourth-order valence-corrected chi connectivity index (χ4v) is 4.95. The van der Waals surface area contributed by atoms with Crippen molar-refractivity contribution in [3.63, 3.8) is 0 Å². The maximum atomic E-state index is 13.5. The van der Waals surface area contributed by atoms with E-state index in [-0.39, 0.29) is 17.2 Å². The molecular weight excluding hydrogens is 530 g/mol. The molecule has 2 amide bonds. The third-order valence-corrected chi connectivity index (χ3v) is 6.69. The van der Waals surface area contributed by atoms with E-state index >= 15 is 0 Å². The van der Waals surface area contributed by atoms with Crippen LogP contribution < -0.4 is 10.1 Å². The van der Waals surface area contributed by atoms with Crippen molar-refractivity contribution in [1.29, 1.82) is 0 Å². The molecule has 1 aromatic heterocycles. The number of alkyl halides is 2. The highest BCUT2D eigenvalue weighted by molar-refractivity contribution is 6.08. The smallest absolute Gasteiger partial charge is 0.387 e. The number of amides is 2. The Morgan fingerprint density at radius 3 is 2.41 bits per heavy atom. The number of hydrogen-bond donors (Lipinski definition) is 1. The summed E-state index contributed by atoms with van der Waals surface area (Å²) in [6.45, 7) is -1.58. The third kappa shape index (κ3) is 6.46. The largest absolute Gasteiger partial charge is 0.452 e. The molecule has 4 aromatic rings. The minimum atomic E-state index is -3.00. The SMILES string of the molecule is CC1C/C(=C\c2ccccc2)c2nc3ccccc3c(C(=O)OCC(=O)NC(=O)c3ccc(OC(F)F)cc3)c2C1. The van der Waals surface area contributed by atoms with Crippen LogP contribution in [0.5, 0.6) is 5.75 Å². The number of esters is 1. The lowest BCUT2D eigenvalue weighted by atomic mass is 9.80. The van der Waals surface area contributed by atoms with Gasteiger partial charge in [0.2, 0.25) is 0 Å². The molecule has 0 radical (unpaired) electrons. The number of aromatic nitrogens is 1. The minimum Gasteiger partial charge on any atom is -0.452 e. The zero-order valence-electron chi connectivity index (χ0n) is 22.1. The molecule has 1 aliphatic carbocycles. The molecule has 0 fully saturated rings. The van der Waals surface area contributed by atoms with E-state index in [9.17, 15) is 23.2 Å². The zero-order chi connectivity index (χ0) is 28.9. The number of halogens is 2. The second-order valence-corrected chi connectivity index (χ2v) is 9.78. The monoisotopic (exact) mass is 556 g/mol. The van der Waals surface area contributed by atoms with Gasteiger partial charge in [-0.3, -0.25) is 14.9 Å². The first-order chi connectivity index (χ1) is 19.8. The number of carbonyl (C=O) groups excluding carboxylic acids is 3. The van der Waals surface area contributed by atoms with E-state index in [1.165, 1.54) is 24.3 Å². The van der Waals surface area contributed by atoms with E-state index in [0.717, 1.165) is 28.8 Å². The number of fused-ring (bicyclic) bond motifs is 2. The Balaban J connectivity index is 1.37. The summed E-state index contributed by atoms with van der Waals surface area (Å²) in [5.74, 6) is -2.18. The van der Waals surface area contributed by atoms with Crippen LogP contribution in [-0.4, -0.2) is 36.0 Å². The van der Waals surface area contributed by atoms with Gasteiger partial charge in [-0.15, -0.1) is 0 Å². The summed E-state index contributed by atoms with van der Waals surface area (Å²) in [5, 5.41) is 2.76. The number of rotatable bonds is 7. The second-order valence-electron chi connectivity index (χ2n) is 9.78. The average molecular weight is 557 g/mol. The molecule has 41 heavy (non-hydrogen) atoms. The molecule has 5 rings (SSSR count). The van der Waals surface area contributed by atoms with Crippen molar-refractivity contribution in [2.24, 2.45) is 5.92 Å². The number of hydrogen-bond acceptors (Lipinski definition) is 6. The molecule has 1 heterocycles. The molecule has 0 bridgehead atoms. The van der Waals surface area contributed by atoms with Crippen molar-refractivity contribution in [3.8, 4) is 5.75 Å². The molecule has 1 unspecified atom stereocenters. The van der Waals surface area contributed by atoms with Gasteiger partial charge in [-0.1, -0.05) is 55.5 Å². The van der Waals surface area contributed by atoms with Crippen LogP contribution in [0.25, 0.3) is 22.6 Å². The van der Waals surface area contributed by atoms with Gasteiger partial charge >= 0.3 is 12.6 Å². The summed E-state index contributed by atoms with van der Waals surface area (Å²) in [5.41, 5.74) is 4.56. The van der Waals surface area contributed by atoms with E-state index < -0.39 is 31.0 Å². The highest BCUT2D eigenvalue weighted by Gasteiger charge is 2.29. The van der Waals surface area contributed by atoms with E-state index in [1.807, 2.05) is 48.5 Å². The van der Waals surface area contributed by atoms with E-state index in [1.54, 1.807) is 6.07 Å². The first-order valence-corrected chi connectivity index (χ1v) is 13.0. The molecule has 9 heteroatoms. The molecule has 0 aliphatic heterocycles. The standard InChI is InChI=1S/C32H26F2N2O5/c1-19-15-22(17-20-7-3-2-4-8-20)29-25(16-19)28(24-9-5-6-10-26(24)35-29)31(39)40-18-27(37)36-30(38)21-11-13-23(14-12-21)41-32(33)34/h2-14,17,19,32H,15-16,18H2,1H3,(H,36,37,38)/b22-17+. The molecule has 1 atom stereocenters. The second kappa shape index (κ2) is 12.1. The lowest BCUT2D eigenvalue weighted by Crippen LogP contribution is -2.34. The number of nitrogens with zero attached hydrogens (tertiary/aromatic N) is 1. The first kappa shape index (κ1) is 27.6. The predicted molar refractivity (Wildman–Crippen MR) is 149 cm³/mol. The van der Waals surface area contributed by atoms with Crippen LogP contribution in [0.2, 0.25) is 0 Å². The quantitative estimate of drug-likeness (QED) is 0.278. The molecule has 3 aromatic carbocycles. The summed E-state index contributed by atoms with van der Waals surface area (Å²) in [4.78, 5) is 43.3. The van der Waals surface area contributed by atoms with E-state index in [2.05, 4.69) is 23.1 Å². The Morgan fingerprint density at radius 1 is 0.976 bits per heavy atom. The van der Waals surface area contributed by atoms with Crippen LogP contribution in [0.15, 0.2) is 78.9 Å². The minimum absolute atomic E-state index is 0.0483. The van der Waals surface area contributed by atoms with Crippen LogP contribution in [0.3, 0.4) is 0 Å². The molecule has 1 N–H and O–H groups in total. The summed E-state index contributed by atoms with van der Waals surface area (Å²) in [6.07, 6.45) is 3.48. The van der Waals surface area contributed by atoms with Gasteiger partial charge in [-0.25, -0.2) is 9.78 Å². The highest BCUT2D eigenvalue weighted by atomic mass is 19.3. The normalized spacial score (nSPS) is 15.4. The number of allylic oxidation sites excluding steroid dienone is 1. The maximum absolute atomic E-state index is 13.5. The van der Waals surface area contributed by atoms with Crippen molar-refractivity contribution >= 4 is 40.3 Å². The van der Waals surface area contributed by atoms with Crippen molar-refractivity contribution in [1.82, 2.24) is 10.3 Å². The van der Waals surface area contributed by atoms with Crippen molar-refractivity contribution in [3.05, 3.63) is 107 Å². The fraction of sp³-hybridized carbons (Fsp3) is 0.188. The Morgan fingerprint density at radius 2 is 1.68 bits per heavy atom.